The fraction of sp³-hybridized carbons (Fsp3) is 0.324. The summed E-state index contributed by atoms with van der Waals surface area (Å²) in [6.45, 7) is 0. The van der Waals surface area contributed by atoms with Crippen molar-refractivity contribution in [1.29, 1.82) is 5.26 Å². The van der Waals surface area contributed by atoms with Crippen LogP contribution in [0.2, 0.25) is 0 Å². The molecule has 4 atom stereocenters. The number of fused-ring (bicyclic) bond motifs is 6. The van der Waals surface area contributed by atoms with Gasteiger partial charge in [0.05, 0.1) is 24.1 Å². The lowest BCUT2D eigenvalue weighted by atomic mass is 9.88. The van der Waals surface area contributed by atoms with Gasteiger partial charge in [0.25, 0.3) is 0 Å². The van der Waals surface area contributed by atoms with Crippen LogP contribution in [0.1, 0.15) is 63.0 Å². The maximum Gasteiger partial charge on any atom is 0.0697 e. The van der Waals surface area contributed by atoms with Crippen LogP contribution < -0.4 is 0 Å². The summed E-state index contributed by atoms with van der Waals surface area (Å²) in [6.07, 6.45) is 27.7. The van der Waals surface area contributed by atoms with E-state index in [0.29, 0.717) is 18.0 Å². The zero-order valence-corrected chi connectivity index (χ0v) is 23.0. The van der Waals surface area contributed by atoms with E-state index in [9.17, 15) is 5.26 Å². The Labute approximate surface area is 236 Å². The van der Waals surface area contributed by atoms with E-state index < -0.39 is 0 Å². The molecule has 3 heteroatoms. The van der Waals surface area contributed by atoms with E-state index in [1.807, 2.05) is 0 Å². The second-order valence-electron chi connectivity index (χ2n) is 12.0. The lowest BCUT2D eigenvalue weighted by molar-refractivity contribution is 0.364. The van der Waals surface area contributed by atoms with Crippen molar-refractivity contribution in [3.05, 3.63) is 114 Å². The number of para-hydroxylation sites is 1. The standard InChI is InChI=1S/C37H35N3/c38-24-25-17-20-27(21-18-25)39-34-14-6-4-12-31(34)32-23-26(19-22-37(32)39)28-9-1-5-13-33(28)40-35-15-7-2-10-29(35)30-11-3-8-16-36(30)40/h2,4,6-7,10-12,14-17,19-20,22-23,25,27,29,35H,1,3,5,8-9,13,18,21H2. The molecule has 40 heavy (non-hydrogen) atoms. The zero-order valence-electron chi connectivity index (χ0n) is 23.0. The van der Waals surface area contributed by atoms with Crippen LogP contribution in [0.25, 0.3) is 27.4 Å². The van der Waals surface area contributed by atoms with Crippen LogP contribution in [0.15, 0.2) is 108 Å². The van der Waals surface area contributed by atoms with Crippen LogP contribution in [0.3, 0.4) is 0 Å². The molecule has 4 unspecified atom stereocenters. The Hall–Kier alpha value is -4.03. The lowest BCUT2D eigenvalue weighted by Crippen LogP contribution is -2.31. The van der Waals surface area contributed by atoms with Gasteiger partial charge < -0.3 is 9.47 Å². The molecule has 1 aromatic heterocycles. The summed E-state index contributed by atoms with van der Waals surface area (Å²) in [7, 11) is 0. The van der Waals surface area contributed by atoms with E-state index in [4.69, 9.17) is 0 Å². The molecule has 0 radical (unpaired) electrons. The zero-order chi connectivity index (χ0) is 26.6. The molecule has 1 fully saturated rings. The van der Waals surface area contributed by atoms with Gasteiger partial charge in [-0.1, -0.05) is 72.9 Å². The van der Waals surface area contributed by atoms with E-state index in [1.165, 1.54) is 57.1 Å². The summed E-state index contributed by atoms with van der Waals surface area (Å²) in [4.78, 5) is 2.72. The fourth-order valence-corrected chi connectivity index (χ4v) is 7.98. The van der Waals surface area contributed by atoms with E-state index in [2.05, 4.69) is 107 Å². The van der Waals surface area contributed by atoms with Crippen LogP contribution in [0.5, 0.6) is 0 Å². The molecule has 2 heterocycles. The second-order valence-corrected chi connectivity index (χ2v) is 12.0. The Bertz CT molecular complexity index is 1750. The van der Waals surface area contributed by atoms with E-state index in [-0.39, 0.29) is 5.92 Å². The number of likely N-dealkylation sites (tertiary alicyclic amines) is 1. The van der Waals surface area contributed by atoms with Gasteiger partial charge in [0.2, 0.25) is 0 Å². The summed E-state index contributed by atoms with van der Waals surface area (Å²) < 4.78 is 2.52. The van der Waals surface area contributed by atoms with Crippen LogP contribution in [-0.2, 0) is 0 Å². The predicted molar refractivity (Wildman–Crippen MR) is 164 cm³/mol. The van der Waals surface area contributed by atoms with E-state index in [1.54, 1.807) is 5.70 Å². The van der Waals surface area contributed by atoms with Crippen molar-refractivity contribution >= 4 is 27.4 Å². The Morgan fingerprint density at radius 1 is 0.800 bits per heavy atom. The Morgan fingerprint density at radius 2 is 1.65 bits per heavy atom. The Balaban J connectivity index is 1.28. The quantitative estimate of drug-likeness (QED) is 0.322. The number of nitriles is 1. The van der Waals surface area contributed by atoms with Crippen molar-refractivity contribution in [3.63, 3.8) is 0 Å². The molecule has 0 saturated carbocycles. The van der Waals surface area contributed by atoms with Gasteiger partial charge in [-0.25, -0.2) is 0 Å². The van der Waals surface area contributed by atoms with Gasteiger partial charge in [0.15, 0.2) is 0 Å². The molecule has 3 aromatic rings. The first kappa shape index (κ1) is 23.8. The molecule has 2 aromatic carbocycles. The van der Waals surface area contributed by atoms with Crippen molar-refractivity contribution in [1.82, 2.24) is 9.47 Å². The number of allylic oxidation sites excluding steroid dienone is 9. The summed E-state index contributed by atoms with van der Waals surface area (Å²) >= 11 is 0. The van der Waals surface area contributed by atoms with Crippen LogP contribution >= 0.6 is 0 Å². The van der Waals surface area contributed by atoms with Crippen LogP contribution in [0, 0.1) is 23.2 Å². The number of aromatic nitrogens is 1. The smallest absolute Gasteiger partial charge is 0.0697 e. The first-order valence-corrected chi connectivity index (χ1v) is 15.2. The highest BCUT2D eigenvalue weighted by Crippen LogP contribution is 2.49. The van der Waals surface area contributed by atoms with Gasteiger partial charge in [-0.15, -0.1) is 0 Å². The highest BCUT2D eigenvalue weighted by Gasteiger charge is 2.42. The monoisotopic (exact) mass is 521 g/mol. The van der Waals surface area contributed by atoms with Gasteiger partial charge in [-0.2, -0.15) is 5.26 Å². The minimum atomic E-state index is 0.0435. The van der Waals surface area contributed by atoms with Gasteiger partial charge in [0.1, 0.15) is 0 Å². The van der Waals surface area contributed by atoms with Gasteiger partial charge >= 0.3 is 0 Å². The Kier molecular flexibility index (Phi) is 5.69. The Morgan fingerprint density at radius 3 is 2.55 bits per heavy atom. The summed E-state index contributed by atoms with van der Waals surface area (Å²) in [5.74, 6) is 0.513. The highest BCUT2D eigenvalue weighted by molar-refractivity contribution is 6.09. The minimum Gasteiger partial charge on any atom is -0.337 e. The average molecular weight is 522 g/mol. The van der Waals surface area contributed by atoms with Crippen molar-refractivity contribution < 1.29 is 0 Å². The summed E-state index contributed by atoms with van der Waals surface area (Å²) in [5.41, 5.74) is 10.1. The molecule has 4 aliphatic carbocycles. The highest BCUT2D eigenvalue weighted by atomic mass is 15.2. The second kappa shape index (κ2) is 9.56. The molecular weight excluding hydrogens is 486 g/mol. The normalized spacial score (nSPS) is 27.5. The molecule has 0 amide bonds. The molecule has 0 bridgehead atoms. The largest absolute Gasteiger partial charge is 0.337 e. The van der Waals surface area contributed by atoms with E-state index in [0.717, 1.165) is 38.5 Å². The van der Waals surface area contributed by atoms with Crippen LogP contribution in [-0.4, -0.2) is 15.5 Å². The van der Waals surface area contributed by atoms with Crippen molar-refractivity contribution in [3.8, 4) is 6.07 Å². The first-order valence-electron chi connectivity index (χ1n) is 15.2. The SMILES string of the molecule is N#CC1C=CC(n2c3ccccc3c3cc(C4=C(N5C6=CCCC=C6C6C=CC=CC65)CCCC4)ccc32)CC1. The number of nitrogens with zero attached hydrogens (tertiary/aromatic N) is 3. The third-order valence-electron chi connectivity index (χ3n) is 9.81. The molecular formula is C37H35N3. The topological polar surface area (TPSA) is 32.0 Å². The first-order chi connectivity index (χ1) is 19.8. The molecule has 8 rings (SSSR count). The molecule has 5 aliphatic rings. The van der Waals surface area contributed by atoms with Gasteiger partial charge in [0, 0.05) is 39.1 Å². The molecule has 0 spiro atoms. The third kappa shape index (κ3) is 3.62. The minimum absolute atomic E-state index is 0.0435. The average Bonchev–Trinajstić information content (AvgIpc) is 3.54. The van der Waals surface area contributed by atoms with Crippen LogP contribution in [0.4, 0.5) is 0 Å². The summed E-state index contributed by atoms with van der Waals surface area (Å²) in [5, 5.41) is 12.1. The molecule has 1 saturated heterocycles. The van der Waals surface area contributed by atoms with Gasteiger partial charge in [-0.05, 0) is 86.3 Å². The molecule has 198 valence electrons. The number of benzene rings is 2. The summed E-state index contributed by atoms with van der Waals surface area (Å²) in [6, 6.07) is 19.2. The van der Waals surface area contributed by atoms with Crippen molar-refractivity contribution in [2.75, 3.05) is 0 Å². The third-order valence-corrected chi connectivity index (χ3v) is 9.81. The molecule has 1 aliphatic heterocycles. The number of hydrogen-bond donors (Lipinski definition) is 0. The molecule has 3 nitrogen and oxygen atoms in total. The molecule has 0 N–H and O–H groups in total. The van der Waals surface area contributed by atoms with E-state index >= 15 is 0 Å². The maximum atomic E-state index is 9.40. The number of hydrogen-bond acceptors (Lipinski definition) is 2. The fourth-order valence-electron chi connectivity index (χ4n) is 7.98. The number of rotatable bonds is 3. The maximum absolute atomic E-state index is 9.40. The lowest BCUT2D eigenvalue weighted by Gasteiger charge is -2.35. The predicted octanol–water partition coefficient (Wildman–Crippen LogP) is 9.14. The van der Waals surface area contributed by atoms with Crippen molar-refractivity contribution in [2.45, 2.75) is 63.5 Å². The van der Waals surface area contributed by atoms with Crippen molar-refractivity contribution in [2.24, 2.45) is 11.8 Å². The van der Waals surface area contributed by atoms with Gasteiger partial charge in [-0.3, -0.25) is 0 Å².